The van der Waals surface area contributed by atoms with E-state index in [0.29, 0.717) is 0 Å². The fourth-order valence-electron chi connectivity index (χ4n) is 1.72. The molecular formula is C11H13F3N2O3. The molecule has 0 aromatic heterocycles. The van der Waals surface area contributed by atoms with E-state index in [1.807, 2.05) is 0 Å². The minimum Gasteiger partial charge on any atom is -0.436 e. The zero-order valence-corrected chi connectivity index (χ0v) is 10.00. The zero-order valence-electron chi connectivity index (χ0n) is 10.00. The van der Waals surface area contributed by atoms with Crippen LogP contribution >= 0.6 is 0 Å². The van der Waals surface area contributed by atoms with Gasteiger partial charge in [-0.1, -0.05) is 5.92 Å². The molecule has 1 rings (SSSR count). The van der Waals surface area contributed by atoms with Gasteiger partial charge in [-0.15, -0.1) is 6.42 Å². The normalized spacial score (nSPS) is 16.6. The van der Waals surface area contributed by atoms with Gasteiger partial charge in [-0.25, -0.2) is 4.79 Å². The summed E-state index contributed by atoms with van der Waals surface area (Å²) in [6.45, 7) is -0.284. The first-order chi connectivity index (χ1) is 8.84. The van der Waals surface area contributed by atoms with Crippen LogP contribution in [0.2, 0.25) is 0 Å². The fraction of sp³-hybridized carbons (Fsp3) is 0.636. The Labute approximate surface area is 108 Å². The van der Waals surface area contributed by atoms with Crippen LogP contribution in [0.3, 0.4) is 0 Å². The molecule has 5 nitrogen and oxygen atoms in total. The third-order valence-corrected chi connectivity index (χ3v) is 2.63. The first-order valence-electron chi connectivity index (χ1n) is 5.57. The first-order valence-corrected chi connectivity index (χ1v) is 5.57. The average Bonchev–Trinajstić information content (AvgIpc) is 2.35. The van der Waals surface area contributed by atoms with Crippen molar-refractivity contribution in [2.75, 3.05) is 19.7 Å². The fourth-order valence-corrected chi connectivity index (χ4v) is 1.72. The molecule has 0 unspecified atom stereocenters. The number of ether oxygens (including phenoxy) is 1. The Morgan fingerprint density at radius 1 is 1.37 bits per heavy atom. The third-order valence-electron chi connectivity index (χ3n) is 2.63. The van der Waals surface area contributed by atoms with Crippen molar-refractivity contribution in [1.82, 2.24) is 10.2 Å². The second-order valence-electron chi connectivity index (χ2n) is 3.99. The van der Waals surface area contributed by atoms with Crippen molar-refractivity contribution in [3.63, 3.8) is 0 Å². The number of terminal acetylenes is 1. The summed E-state index contributed by atoms with van der Waals surface area (Å²) in [7, 11) is 0. The van der Waals surface area contributed by atoms with Gasteiger partial charge >= 0.3 is 18.2 Å². The van der Waals surface area contributed by atoms with Crippen molar-refractivity contribution in [1.29, 1.82) is 0 Å². The number of nitrogens with zero attached hydrogens (tertiary/aromatic N) is 1. The molecule has 1 heterocycles. The molecule has 0 atom stereocenters. The van der Waals surface area contributed by atoms with Gasteiger partial charge < -0.3 is 15.0 Å². The molecule has 1 aliphatic heterocycles. The highest BCUT2D eigenvalue weighted by atomic mass is 19.4. The monoisotopic (exact) mass is 278 g/mol. The summed E-state index contributed by atoms with van der Waals surface area (Å²) >= 11 is 0. The number of carbonyl (C=O) groups is 2. The van der Waals surface area contributed by atoms with Gasteiger partial charge in [-0.3, -0.25) is 4.79 Å². The molecule has 0 spiro atoms. The second kappa shape index (κ2) is 6.31. The summed E-state index contributed by atoms with van der Waals surface area (Å²) in [6.07, 6.45) is -0.182. The van der Waals surface area contributed by atoms with Crippen LogP contribution in [-0.2, 0) is 9.53 Å². The molecule has 2 amide bonds. The van der Waals surface area contributed by atoms with Crippen molar-refractivity contribution in [2.24, 2.45) is 0 Å². The lowest BCUT2D eigenvalue weighted by molar-refractivity contribution is -0.186. The van der Waals surface area contributed by atoms with Gasteiger partial charge in [0.1, 0.15) is 0 Å². The molecule has 1 N–H and O–H groups in total. The van der Waals surface area contributed by atoms with Crippen LogP contribution in [0.4, 0.5) is 18.0 Å². The Morgan fingerprint density at radius 2 is 1.95 bits per heavy atom. The molecule has 0 bridgehead atoms. The SMILES string of the molecule is C#CCOC(=O)NC1CCN(C(=O)C(F)(F)F)CC1. The van der Waals surface area contributed by atoms with Gasteiger partial charge in [0.05, 0.1) is 0 Å². The standard InChI is InChI=1S/C11H13F3N2O3/c1-2-7-19-10(18)15-8-3-5-16(6-4-8)9(17)11(12,13)14/h1,8H,3-7H2,(H,15,18). The number of hydrogen-bond acceptors (Lipinski definition) is 3. The van der Waals surface area contributed by atoms with E-state index in [0.717, 1.165) is 4.90 Å². The lowest BCUT2D eigenvalue weighted by Crippen LogP contribution is -2.50. The Kier molecular flexibility index (Phi) is 5.03. The topological polar surface area (TPSA) is 58.6 Å². The van der Waals surface area contributed by atoms with Crippen molar-refractivity contribution in [2.45, 2.75) is 25.1 Å². The van der Waals surface area contributed by atoms with Crippen LogP contribution in [0, 0.1) is 12.3 Å². The predicted octanol–water partition coefficient (Wildman–Crippen LogP) is 0.899. The van der Waals surface area contributed by atoms with E-state index in [-0.39, 0.29) is 38.6 Å². The van der Waals surface area contributed by atoms with Gasteiger partial charge in [0, 0.05) is 19.1 Å². The Hall–Kier alpha value is -1.91. The number of likely N-dealkylation sites (tertiary alicyclic amines) is 1. The van der Waals surface area contributed by atoms with Crippen molar-refractivity contribution in [3.8, 4) is 12.3 Å². The molecule has 19 heavy (non-hydrogen) atoms. The number of amides is 2. The summed E-state index contributed by atoms with van der Waals surface area (Å²) in [5.41, 5.74) is 0. The molecule has 1 saturated heterocycles. The Bertz CT molecular complexity index is 382. The van der Waals surface area contributed by atoms with Crippen molar-refractivity contribution in [3.05, 3.63) is 0 Å². The Balaban J connectivity index is 2.35. The largest absolute Gasteiger partial charge is 0.471 e. The Morgan fingerprint density at radius 3 is 2.42 bits per heavy atom. The van der Waals surface area contributed by atoms with Crippen molar-refractivity contribution < 1.29 is 27.5 Å². The van der Waals surface area contributed by atoms with E-state index in [1.54, 1.807) is 0 Å². The highest BCUT2D eigenvalue weighted by molar-refractivity contribution is 5.82. The van der Waals surface area contributed by atoms with Crippen molar-refractivity contribution >= 4 is 12.0 Å². The van der Waals surface area contributed by atoms with Gasteiger partial charge in [0.25, 0.3) is 0 Å². The van der Waals surface area contributed by atoms with E-state index in [2.05, 4.69) is 16.0 Å². The van der Waals surface area contributed by atoms with Gasteiger partial charge in [0.2, 0.25) is 0 Å². The van der Waals surface area contributed by atoms with Gasteiger partial charge in [-0.2, -0.15) is 13.2 Å². The summed E-state index contributed by atoms with van der Waals surface area (Å²) in [6, 6.07) is -0.317. The molecule has 0 aliphatic carbocycles. The lowest BCUT2D eigenvalue weighted by atomic mass is 10.1. The van der Waals surface area contributed by atoms with Gasteiger partial charge in [-0.05, 0) is 12.8 Å². The van der Waals surface area contributed by atoms with Crippen LogP contribution in [0.5, 0.6) is 0 Å². The quantitative estimate of drug-likeness (QED) is 0.763. The lowest BCUT2D eigenvalue weighted by Gasteiger charge is -2.32. The van der Waals surface area contributed by atoms with Crippen LogP contribution < -0.4 is 5.32 Å². The molecule has 106 valence electrons. The first kappa shape index (κ1) is 15.1. The maximum Gasteiger partial charge on any atom is 0.471 e. The highest BCUT2D eigenvalue weighted by Crippen LogP contribution is 2.21. The maximum absolute atomic E-state index is 12.2. The molecule has 0 radical (unpaired) electrons. The highest BCUT2D eigenvalue weighted by Gasteiger charge is 2.43. The molecule has 1 aliphatic rings. The molecular weight excluding hydrogens is 265 g/mol. The molecule has 0 aromatic carbocycles. The number of halogens is 3. The number of alkyl halides is 3. The van der Waals surface area contributed by atoms with Crippen LogP contribution in [0.15, 0.2) is 0 Å². The van der Waals surface area contributed by atoms with E-state index >= 15 is 0 Å². The molecule has 1 fully saturated rings. The number of carbonyl (C=O) groups excluding carboxylic acids is 2. The summed E-state index contributed by atoms with van der Waals surface area (Å²) in [4.78, 5) is 22.8. The predicted molar refractivity (Wildman–Crippen MR) is 59.0 cm³/mol. The summed E-state index contributed by atoms with van der Waals surface area (Å²) < 4.78 is 41.1. The number of hydrogen-bond donors (Lipinski definition) is 1. The van der Waals surface area contributed by atoms with E-state index in [9.17, 15) is 22.8 Å². The molecule has 0 saturated carbocycles. The van der Waals surface area contributed by atoms with E-state index in [1.165, 1.54) is 0 Å². The number of alkyl carbamates (subject to hydrolysis) is 1. The van der Waals surface area contributed by atoms with Gasteiger partial charge in [0.15, 0.2) is 6.61 Å². The number of piperidine rings is 1. The zero-order chi connectivity index (χ0) is 14.5. The summed E-state index contributed by atoms with van der Waals surface area (Å²) in [5, 5.41) is 2.48. The minimum absolute atomic E-state index is 0.0571. The van der Waals surface area contributed by atoms with Crippen LogP contribution in [0.25, 0.3) is 0 Å². The van der Waals surface area contributed by atoms with E-state index in [4.69, 9.17) is 6.42 Å². The number of nitrogens with one attached hydrogen (secondary N) is 1. The maximum atomic E-state index is 12.2. The minimum atomic E-state index is -4.86. The molecule has 8 heteroatoms. The third kappa shape index (κ3) is 4.69. The smallest absolute Gasteiger partial charge is 0.436 e. The van der Waals surface area contributed by atoms with Crippen LogP contribution in [-0.4, -0.2) is 48.8 Å². The van der Waals surface area contributed by atoms with Crippen LogP contribution in [0.1, 0.15) is 12.8 Å². The second-order valence-corrected chi connectivity index (χ2v) is 3.99. The van der Waals surface area contributed by atoms with E-state index < -0.39 is 18.2 Å². The average molecular weight is 278 g/mol. The summed E-state index contributed by atoms with van der Waals surface area (Å²) in [5.74, 6) is 0.267. The molecule has 0 aromatic rings. The number of rotatable bonds is 2.